The first-order valence-corrected chi connectivity index (χ1v) is 12.8. The third kappa shape index (κ3) is 7.89. The summed E-state index contributed by atoms with van der Waals surface area (Å²) in [4.78, 5) is 0. The fourth-order valence-electron chi connectivity index (χ4n) is 4.32. The Kier molecular flexibility index (Phi) is 10.5. The van der Waals surface area contributed by atoms with Crippen molar-refractivity contribution in [1.82, 2.24) is 0 Å². The van der Waals surface area contributed by atoms with E-state index in [0.717, 1.165) is 33.0 Å². The first-order chi connectivity index (χ1) is 18.3. The van der Waals surface area contributed by atoms with Crippen molar-refractivity contribution in [2.24, 2.45) is 11.5 Å². The van der Waals surface area contributed by atoms with Crippen LogP contribution in [0.1, 0.15) is 11.1 Å². The van der Waals surface area contributed by atoms with Gasteiger partial charge in [-0.1, -0.05) is 109 Å². The van der Waals surface area contributed by atoms with E-state index in [9.17, 15) is 0 Å². The fraction of sp³-hybridized carbons (Fsp3) is 0.200. The highest BCUT2D eigenvalue weighted by Crippen LogP contribution is 2.07. The summed E-state index contributed by atoms with van der Waals surface area (Å²) < 4.78 is 18.2. The number of ether oxygens (including phenoxy) is 1. The minimum absolute atomic E-state index is 0.137. The molecule has 188 valence electrons. The standard InChI is InChI=1S/C30H34B2N2O3/c33-18-20-36-31(27-9-3-1-4-10-27)29-16-14-25(15-17-29)23-35-24-26-8-7-13-30(22-26)32(37-21-19-34)28-11-5-2-6-12-28/h1-17,22H,18-21,23-24,33-34H2. The molecule has 0 radical (unpaired) electrons. The Bertz CT molecular complexity index is 1190. The van der Waals surface area contributed by atoms with Crippen molar-refractivity contribution in [1.29, 1.82) is 0 Å². The summed E-state index contributed by atoms with van der Waals surface area (Å²) in [6, 6.07) is 37.2. The zero-order valence-corrected chi connectivity index (χ0v) is 21.2. The molecule has 7 heteroatoms. The van der Waals surface area contributed by atoms with E-state index >= 15 is 0 Å². The molecule has 4 rings (SSSR count). The van der Waals surface area contributed by atoms with Crippen LogP contribution in [0.5, 0.6) is 0 Å². The highest BCUT2D eigenvalue weighted by Gasteiger charge is 2.22. The van der Waals surface area contributed by atoms with Crippen LogP contribution in [0.2, 0.25) is 0 Å². The molecule has 0 atom stereocenters. The van der Waals surface area contributed by atoms with Gasteiger partial charge in [-0.3, -0.25) is 0 Å². The molecule has 0 heterocycles. The average molecular weight is 492 g/mol. The Morgan fingerprint density at radius 1 is 0.486 bits per heavy atom. The quantitative estimate of drug-likeness (QED) is 0.262. The van der Waals surface area contributed by atoms with Crippen LogP contribution in [0.15, 0.2) is 109 Å². The van der Waals surface area contributed by atoms with E-state index in [4.69, 9.17) is 25.5 Å². The van der Waals surface area contributed by atoms with E-state index in [-0.39, 0.29) is 13.8 Å². The van der Waals surface area contributed by atoms with E-state index < -0.39 is 0 Å². The van der Waals surface area contributed by atoms with E-state index in [1.807, 2.05) is 36.4 Å². The lowest BCUT2D eigenvalue weighted by atomic mass is 9.55. The van der Waals surface area contributed by atoms with Crippen molar-refractivity contribution in [2.75, 3.05) is 26.3 Å². The van der Waals surface area contributed by atoms with Crippen molar-refractivity contribution < 1.29 is 14.0 Å². The number of rotatable bonds is 14. The van der Waals surface area contributed by atoms with E-state index in [0.29, 0.717) is 39.5 Å². The van der Waals surface area contributed by atoms with Gasteiger partial charge in [-0.2, -0.15) is 0 Å². The van der Waals surface area contributed by atoms with E-state index in [2.05, 4.69) is 72.8 Å². The van der Waals surface area contributed by atoms with Gasteiger partial charge in [0.05, 0.1) is 13.2 Å². The molecule has 0 aromatic heterocycles. The van der Waals surface area contributed by atoms with Gasteiger partial charge < -0.3 is 25.5 Å². The highest BCUT2D eigenvalue weighted by molar-refractivity contribution is 6.80. The molecule has 0 aliphatic heterocycles. The molecular weight excluding hydrogens is 458 g/mol. The first-order valence-electron chi connectivity index (χ1n) is 12.8. The average Bonchev–Trinajstić information content (AvgIpc) is 2.96. The van der Waals surface area contributed by atoms with Gasteiger partial charge in [0.2, 0.25) is 0 Å². The predicted molar refractivity (Wildman–Crippen MR) is 154 cm³/mol. The second-order valence-corrected chi connectivity index (χ2v) is 8.88. The molecule has 0 spiro atoms. The van der Waals surface area contributed by atoms with Gasteiger partial charge in [0, 0.05) is 26.3 Å². The second-order valence-electron chi connectivity index (χ2n) is 8.88. The topological polar surface area (TPSA) is 79.7 Å². The zero-order chi connectivity index (χ0) is 25.7. The lowest BCUT2D eigenvalue weighted by Crippen LogP contribution is -2.46. The maximum atomic E-state index is 6.10. The smallest absolute Gasteiger partial charge is 0.361 e. The number of hydrogen-bond donors (Lipinski definition) is 2. The van der Waals surface area contributed by atoms with Crippen LogP contribution in [0, 0.1) is 0 Å². The Labute approximate surface area is 221 Å². The van der Waals surface area contributed by atoms with Crippen LogP contribution in [0.25, 0.3) is 0 Å². The van der Waals surface area contributed by atoms with Gasteiger partial charge >= 0.3 is 13.8 Å². The van der Waals surface area contributed by atoms with Gasteiger partial charge in [0.25, 0.3) is 0 Å². The highest BCUT2D eigenvalue weighted by atomic mass is 16.5. The lowest BCUT2D eigenvalue weighted by Gasteiger charge is -2.16. The Morgan fingerprint density at radius 3 is 1.54 bits per heavy atom. The maximum Gasteiger partial charge on any atom is 0.361 e. The molecule has 0 saturated heterocycles. The Balaban J connectivity index is 1.38. The van der Waals surface area contributed by atoms with Gasteiger partial charge in [-0.05, 0) is 33.0 Å². The van der Waals surface area contributed by atoms with Crippen LogP contribution in [-0.4, -0.2) is 40.1 Å². The summed E-state index contributed by atoms with van der Waals surface area (Å²) in [5, 5.41) is 0. The maximum absolute atomic E-state index is 6.10. The largest absolute Gasteiger partial charge is 0.426 e. The molecule has 0 amide bonds. The summed E-state index contributed by atoms with van der Waals surface area (Å²) in [6.45, 7) is 2.72. The molecular formula is C30H34B2N2O3. The summed E-state index contributed by atoms with van der Waals surface area (Å²) in [6.07, 6.45) is 0. The van der Waals surface area contributed by atoms with Crippen molar-refractivity contribution in [2.45, 2.75) is 13.2 Å². The van der Waals surface area contributed by atoms with Crippen LogP contribution in [0.4, 0.5) is 0 Å². The molecule has 0 saturated carbocycles. The van der Waals surface area contributed by atoms with Crippen molar-refractivity contribution >= 4 is 35.7 Å². The minimum Gasteiger partial charge on any atom is -0.426 e. The summed E-state index contributed by atoms with van der Waals surface area (Å²) in [5.74, 6) is 0. The molecule has 4 N–H and O–H groups in total. The third-order valence-electron chi connectivity index (χ3n) is 6.08. The molecule has 0 unspecified atom stereocenters. The van der Waals surface area contributed by atoms with Gasteiger partial charge in [-0.25, -0.2) is 0 Å². The molecule has 0 aliphatic carbocycles. The van der Waals surface area contributed by atoms with Crippen molar-refractivity contribution in [3.8, 4) is 0 Å². The number of hydrogen-bond acceptors (Lipinski definition) is 5. The normalized spacial score (nSPS) is 10.9. The van der Waals surface area contributed by atoms with Gasteiger partial charge in [0.15, 0.2) is 0 Å². The van der Waals surface area contributed by atoms with Crippen LogP contribution < -0.4 is 33.3 Å². The van der Waals surface area contributed by atoms with Crippen molar-refractivity contribution in [3.63, 3.8) is 0 Å². The molecule has 5 nitrogen and oxygen atoms in total. The molecule has 37 heavy (non-hydrogen) atoms. The monoisotopic (exact) mass is 492 g/mol. The van der Waals surface area contributed by atoms with Crippen LogP contribution in [-0.2, 0) is 27.3 Å². The second kappa shape index (κ2) is 14.5. The Morgan fingerprint density at radius 2 is 0.973 bits per heavy atom. The fourth-order valence-corrected chi connectivity index (χ4v) is 4.32. The van der Waals surface area contributed by atoms with Crippen LogP contribution >= 0.6 is 0 Å². The van der Waals surface area contributed by atoms with Crippen molar-refractivity contribution in [3.05, 3.63) is 120 Å². The first kappa shape index (κ1) is 26.9. The summed E-state index contributed by atoms with van der Waals surface area (Å²) >= 11 is 0. The predicted octanol–water partition coefficient (Wildman–Crippen LogP) is 1.57. The number of benzene rings is 4. The summed E-state index contributed by atoms with van der Waals surface area (Å²) in [5.41, 5.74) is 18.0. The lowest BCUT2D eigenvalue weighted by molar-refractivity contribution is 0.107. The summed E-state index contributed by atoms with van der Waals surface area (Å²) in [7, 11) is 0. The zero-order valence-electron chi connectivity index (χ0n) is 21.2. The third-order valence-corrected chi connectivity index (χ3v) is 6.08. The van der Waals surface area contributed by atoms with Gasteiger partial charge in [-0.15, -0.1) is 0 Å². The van der Waals surface area contributed by atoms with E-state index in [1.54, 1.807) is 0 Å². The van der Waals surface area contributed by atoms with Gasteiger partial charge in [0.1, 0.15) is 0 Å². The van der Waals surface area contributed by atoms with Crippen LogP contribution in [0.3, 0.4) is 0 Å². The molecule has 4 aromatic rings. The van der Waals surface area contributed by atoms with E-state index in [1.165, 1.54) is 0 Å². The molecule has 0 bridgehead atoms. The Hall–Kier alpha value is -3.19. The number of nitrogens with two attached hydrogens (primary N) is 2. The molecule has 0 aliphatic rings. The molecule has 4 aromatic carbocycles. The SMILES string of the molecule is NCCOB(c1ccccc1)c1ccc(COCc2cccc(B(OCCN)c3ccccc3)c2)cc1. The minimum atomic E-state index is -0.156. The molecule has 0 fully saturated rings.